The lowest BCUT2D eigenvalue weighted by molar-refractivity contribution is 0.148. The van der Waals surface area contributed by atoms with Gasteiger partial charge in [0.2, 0.25) is 0 Å². The first kappa shape index (κ1) is 8.34. The van der Waals surface area contributed by atoms with Gasteiger partial charge in [-0.05, 0) is 31.4 Å². The molecule has 1 aliphatic carbocycles. The summed E-state index contributed by atoms with van der Waals surface area (Å²) in [6.45, 7) is 2.52. The van der Waals surface area contributed by atoms with Crippen molar-refractivity contribution < 1.29 is 9.84 Å². The summed E-state index contributed by atoms with van der Waals surface area (Å²) in [6.07, 6.45) is 6.40. The highest BCUT2D eigenvalue weighted by Gasteiger charge is 2.03. The third-order valence-corrected chi connectivity index (χ3v) is 1.68. The molecular formula is C9H14O2. The van der Waals surface area contributed by atoms with Crippen LogP contribution >= 0.6 is 0 Å². The van der Waals surface area contributed by atoms with Crippen LogP contribution in [-0.2, 0) is 4.74 Å². The summed E-state index contributed by atoms with van der Waals surface area (Å²) in [6, 6.07) is 0. The quantitative estimate of drug-likeness (QED) is 0.669. The maximum atomic E-state index is 8.51. The Bertz CT molecular complexity index is 180. The summed E-state index contributed by atoms with van der Waals surface area (Å²) in [7, 11) is 0. The number of hydrogen-bond acceptors (Lipinski definition) is 2. The van der Waals surface area contributed by atoms with Crippen LogP contribution in [0.5, 0.6) is 0 Å². The van der Waals surface area contributed by atoms with Crippen molar-refractivity contribution in [2.75, 3.05) is 13.2 Å². The Labute approximate surface area is 67.2 Å². The highest BCUT2D eigenvalue weighted by molar-refractivity contribution is 5.26. The minimum Gasteiger partial charge on any atom is -0.491 e. The first-order valence-corrected chi connectivity index (χ1v) is 3.95. The second-order valence-corrected chi connectivity index (χ2v) is 2.60. The molecule has 0 saturated carbocycles. The van der Waals surface area contributed by atoms with Crippen molar-refractivity contribution in [2.24, 2.45) is 0 Å². The molecule has 0 amide bonds. The third-order valence-electron chi connectivity index (χ3n) is 1.68. The molecule has 2 nitrogen and oxygen atoms in total. The van der Waals surface area contributed by atoms with Gasteiger partial charge in [-0.1, -0.05) is 6.08 Å². The van der Waals surface area contributed by atoms with Crippen LogP contribution in [0.4, 0.5) is 0 Å². The molecule has 62 valence electrons. The fraction of sp³-hybridized carbons (Fsp3) is 0.556. The Morgan fingerprint density at radius 1 is 1.45 bits per heavy atom. The van der Waals surface area contributed by atoms with E-state index >= 15 is 0 Å². The summed E-state index contributed by atoms with van der Waals surface area (Å²) >= 11 is 0. The van der Waals surface area contributed by atoms with E-state index in [1.165, 1.54) is 5.57 Å². The van der Waals surface area contributed by atoms with Gasteiger partial charge < -0.3 is 9.84 Å². The van der Waals surface area contributed by atoms with Gasteiger partial charge in [0, 0.05) is 0 Å². The van der Waals surface area contributed by atoms with E-state index in [4.69, 9.17) is 9.84 Å². The van der Waals surface area contributed by atoms with E-state index < -0.39 is 0 Å². The lowest BCUT2D eigenvalue weighted by atomic mass is 10.1. The van der Waals surface area contributed by atoms with Gasteiger partial charge in [-0.25, -0.2) is 0 Å². The summed E-state index contributed by atoms with van der Waals surface area (Å²) in [5.74, 6) is 0.935. The van der Waals surface area contributed by atoms with Crippen molar-refractivity contribution in [1.29, 1.82) is 0 Å². The average molecular weight is 154 g/mol. The van der Waals surface area contributed by atoms with Gasteiger partial charge in [-0.2, -0.15) is 0 Å². The molecule has 0 unspecified atom stereocenters. The first-order chi connectivity index (χ1) is 5.34. The highest BCUT2D eigenvalue weighted by atomic mass is 16.5. The normalized spacial score (nSPS) is 17.3. The van der Waals surface area contributed by atoms with Crippen LogP contribution in [0.2, 0.25) is 0 Å². The molecule has 0 heterocycles. The second-order valence-electron chi connectivity index (χ2n) is 2.60. The zero-order valence-corrected chi connectivity index (χ0v) is 6.84. The summed E-state index contributed by atoms with van der Waals surface area (Å²) in [5.41, 5.74) is 1.18. The predicted molar refractivity (Wildman–Crippen MR) is 44.1 cm³/mol. The molecule has 0 aromatic carbocycles. The molecule has 1 aliphatic rings. The average Bonchev–Trinajstić information content (AvgIpc) is 2.03. The second kappa shape index (κ2) is 4.19. The standard InChI is InChI=1S/C9H14O2/c1-8-4-2-3-5-9(8)11-7-6-10/h4-5,10H,2-3,6-7H2,1H3. The van der Waals surface area contributed by atoms with E-state index in [1.54, 1.807) is 0 Å². The van der Waals surface area contributed by atoms with Crippen LogP contribution in [0.25, 0.3) is 0 Å². The topological polar surface area (TPSA) is 29.5 Å². The molecule has 0 aromatic rings. The molecule has 0 aromatic heterocycles. The molecule has 1 N–H and O–H groups in total. The van der Waals surface area contributed by atoms with Crippen molar-refractivity contribution in [1.82, 2.24) is 0 Å². The Balaban J connectivity index is 2.43. The summed E-state index contributed by atoms with van der Waals surface area (Å²) in [4.78, 5) is 0. The zero-order chi connectivity index (χ0) is 8.10. The largest absolute Gasteiger partial charge is 0.491 e. The van der Waals surface area contributed by atoms with Crippen LogP contribution in [0, 0.1) is 0 Å². The van der Waals surface area contributed by atoms with Crippen LogP contribution in [-0.4, -0.2) is 18.3 Å². The van der Waals surface area contributed by atoms with Crippen LogP contribution in [0.15, 0.2) is 23.5 Å². The SMILES string of the molecule is CC1=CCCC=C1OCCO. The van der Waals surface area contributed by atoms with Gasteiger partial charge in [-0.15, -0.1) is 0 Å². The lowest BCUT2D eigenvalue weighted by Crippen LogP contribution is -2.02. The number of rotatable bonds is 3. The van der Waals surface area contributed by atoms with E-state index in [0.717, 1.165) is 18.6 Å². The Morgan fingerprint density at radius 2 is 2.18 bits per heavy atom. The fourth-order valence-corrected chi connectivity index (χ4v) is 1.10. The molecule has 1 rings (SSSR count). The van der Waals surface area contributed by atoms with E-state index in [-0.39, 0.29) is 6.61 Å². The van der Waals surface area contributed by atoms with Gasteiger partial charge in [0.05, 0.1) is 6.61 Å². The Hall–Kier alpha value is -0.760. The highest BCUT2D eigenvalue weighted by Crippen LogP contribution is 2.18. The molecule has 0 spiro atoms. The van der Waals surface area contributed by atoms with Crippen molar-refractivity contribution in [2.45, 2.75) is 19.8 Å². The van der Waals surface area contributed by atoms with E-state index in [9.17, 15) is 0 Å². The molecule has 0 atom stereocenters. The first-order valence-electron chi connectivity index (χ1n) is 3.95. The fourth-order valence-electron chi connectivity index (χ4n) is 1.10. The number of allylic oxidation sites excluding steroid dienone is 3. The van der Waals surface area contributed by atoms with E-state index in [0.29, 0.717) is 6.61 Å². The number of aliphatic hydroxyl groups is 1. The van der Waals surface area contributed by atoms with Crippen LogP contribution < -0.4 is 0 Å². The monoisotopic (exact) mass is 154 g/mol. The van der Waals surface area contributed by atoms with Gasteiger partial charge in [0.15, 0.2) is 0 Å². The Morgan fingerprint density at radius 3 is 2.82 bits per heavy atom. The molecular weight excluding hydrogens is 140 g/mol. The van der Waals surface area contributed by atoms with Crippen molar-refractivity contribution in [3.63, 3.8) is 0 Å². The van der Waals surface area contributed by atoms with Gasteiger partial charge in [-0.3, -0.25) is 0 Å². The van der Waals surface area contributed by atoms with E-state index in [2.05, 4.69) is 12.2 Å². The Kier molecular flexibility index (Phi) is 3.17. The van der Waals surface area contributed by atoms with E-state index in [1.807, 2.05) is 6.92 Å². The van der Waals surface area contributed by atoms with Crippen LogP contribution in [0.3, 0.4) is 0 Å². The van der Waals surface area contributed by atoms with Crippen LogP contribution in [0.1, 0.15) is 19.8 Å². The third kappa shape index (κ3) is 2.39. The van der Waals surface area contributed by atoms with Crippen molar-refractivity contribution >= 4 is 0 Å². The van der Waals surface area contributed by atoms with Gasteiger partial charge in [0.1, 0.15) is 12.4 Å². The molecule has 0 fully saturated rings. The lowest BCUT2D eigenvalue weighted by Gasteiger charge is -2.13. The van der Waals surface area contributed by atoms with Gasteiger partial charge >= 0.3 is 0 Å². The molecule has 0 aliphatic heterocycles. The molecule has 0 saturated heterocycles. The predicted octanol–water partition coefficient (Wildman–Crippen LogP) is 1.62. The maximum absolute atomic E-state index is 8.51. The smallest absolute Gasteiger partial charge is 0.118 e. The minimum atomic E-state index is 0.0879. The maximum Gasteiger partial charge on any atom is 0.118 e. The van der Waals surface area contributed by atoms with Gasteiger partial charge in [0.25, 0.3) is 0 Å². The molecule has 0 bridgehead atoms. The molecule has 2 heteroatoms. The van der Waals surface area contributed by atoms with Crippen molar-refractivity contribution in [3.05, 3.63) is 23.5 Å². The number of aliphatic hydroxyl groups excluding tert-OH is 1. The molecule has 0 radical (unpaired) electrons. The minimum absolute atomic E-state index is 0.0879. The van der Waals surface area contributed by atoms with Crippen molar-refractivity contribution in [3.8, 4) is 0 Å². The zero-order valence-electron chi connectivity index (χ0n) is 6.84. The molecule has 11 heavy (non-hydrogen) atoms. The number of hydrogen-bond donors (Lipinski definition) is 1. The summed E-state index contributed by atoms with van der Waals surface area (Å²) < 4.78 is 5.29. The summed E-state index contributed by atoms with van der Waals surface area (Å²) in [5, 5.41) is 8.51. The number of ether oxygens (including phenoxy) is 1.